The first-order valence-electron chi connectivity index (χ1n) is 5.91. The summed E-state index contributed by atoms with van der Waals surface area (Å²) in [4.78, 5) is 14.0. The molecule has 1 aromatic carbocycles. The normalized spacial score (nSPS) is 9.10. The fourth-order valence-corrected chi connectivity index (χ4v) is 1.73. The van der Waals surface area contributed by atoms with E-state index in [0.29, 0.717) is 6.54 Å². The van der Waals surface area contributed by atoms with Gasteiger partial charge in [0.05, 0.1) is 0 Å². The SMILES string of the molecule is C.CN(C)c1cc[n+](CC(=O)c2ccccc2)cc1.[Br-]. The summed E-state index contributed by atoms with van der Waals surface area (Å²) in [7, 11) is 3.99. The maximum Gasteiger partial charge on any atom is 0.227 e. The minimum atomic E-state index is 0. The summed E-state index contributed by atoms with van der Waals surface area (Å²) in [6.07, 6.45) is 3.85. The Morgan fingerprint density at radius 3 is 2.10 bits per heavy atom. The van der Waals surface area contributed by atoms with Gasteiger partial charge >= 0.3 is 0 Å². The second kappa shape index (κ2) is 8.48. The molecule has 0 saturated heterocycles. The van der Waals surface area contributed by atoms with Crippen LogP contribution in [0.2, 0.25) is 0 Å². The molecule has 0 radical (unpaired) electrons. The van der Waals surface area contributed by atoms with Gasteiger partial charge < -0.3 is 21.9 Å². The molecule has 0 amide bonds. The lowest BCUT2D eigenvalue weighted by Gasteiger charge is -2.10. The van der Waals surface area contributed by atoms with Crippen LogP contribution in [0.15, 0.2) is 54.9 Å². The average Bonchev–Trinajstić information content (AvgIpc) is 2.40. The molecule has 0 spiro atoms. The average molecular weight is 337 g/mol. The summed E-state index contributed by atoms with van der Waals surface area (Å²) in [5.41, 5.74) is 1.88. The van der Waals surface area contributed by atoms with Gasteiger partial charge in [-0.3, -0.25) is 4.79 Å². The molecular formula is C16H21BrN2O. The van der Waals surface area contributed by atoms with Crippen LogP contribution in [-0.2, 0) is 6.54 Å². The maximum absolute atomic E-state index is 12.0. The van der Waals surface area contributed by atoms with Crippen LogP contribution in [0, 0.1) is 0 Å². The number of Topliss-reactive ketones (excluding diaryl/α,β-unsaturated/α-hetero) is 1. The van der Waals surface area contributed by atoms with Crippen molar-refractivity contribution in [2.45, 2.75) is 14.0 Å². The quantitative estimate of drug-likeness (QED) is 0.558. The fraction of sp³-hybridized carbons (Fsp3) is 0.250. The number of hydrogen-bond acceptors (Lipinski definition) is 2. The molecule has 0 aliphatic heterocycles. The van der Waals surface area contributed by atoms with E-state index in [4.69, 9.17) is 0 Å². The highest BCUT2D eigenvalue weighted by molar-refractivity contribution is 5.94. The molecule has 2 aromatic rings. The third-order valence-corrected chi connectivity index (χ3v) is 2.81. The monoisotopic (exact) mass is 336 g/mol. The number of ketones is 1. The third-order valence-electron chi connectivity index (χ3n) is 2.81. The van der Waals surface area contributed by atoms with E-state index in [1.54, 1.807) is 0 Å². The first kappa shape index (κ1) is 18.3. The summed E-state index contributed by atoms with van der Waals surface area (Å²) in [6, 6.07) is 13.4. The molecule has 108 valence electrons. The maximum atomic E-state index is 12.0. The Hall–Kier alpha value is -1.68. The first-order valence-corrected chi connectivity index (χ1v) is 5.91. The lowest BCUT2D eigenvalue weighted by molar-refractivity contribution is -0.683. The third kappa shape index (κ3) is 4.78. The molecule has 0 fully saturated rings. The van der Waals surface area contributed by atoms with Gasteiger partial charge in [-0.25, -0.2) is 0 Å². The van der Waals surface area contributed by atoms with Crippen LogP contribution in [0.4, 0.5) is 5.69 Å². The van der Waals surface area contributed by atoms with E-state index in [-0.39, 0.29) is 30.2 Å². The topological polar surface area (TPSA) is 24.2 Å². The Kier molecular flexibility index (Phi) is 7.77. The summed E-state index contributed by atoms with van der Waals surface area (Å²) < 4.78 is 1.89. The fourth-order valence-electron chi connectivity index (χ4n) is 1.73. The Balaban J connectivity index is 0.00000180. The molecule has 0 unspecified atom stereocenters. The molecular weight excluding hydrogens is 316 g/mol. The van der Waals surface area contributed by atoms with Crippen molar-refractivity contribution in [1.29, 1.82) is 0 Å². The lowest BCUT2D eigenvalue weighted by atomic mass is 10.1. The van der Waals surface area contributed by atoms with E-state index in [1.165, 1.54) is 0 Å². The van der Waals surface area contributed by atoms with Crippen molar-refractivity contribution in [2.75, 3.05) is 19.0 Å². The highest BCUT2D eigenvalue weighted by Crippen LogP contribution is 2.06. The molecule has 3 nitrogen and oxygen atoms in total. The van der Waals surface area contributed by atoms with Crippen molar-refractivity contribution in [3.05, 3.63) is 60.4 Å². The number of pyridine rings is 1. The van der Waals surface area contributed by atoms with Gasteiger partial charge in [0, 0.05) is 37.5 Å². The number of benzene rings is 1. The van der Waals surface area contributed by atoms with E-state index < -0.39 is 0 Å². The highest BCUT2D eigenvalue weighted by Gasteiger charge is 2.11. The molecule has 0 bridgehead atoms. The molecule has 0 atom stereocenters. The van der Waals surface area contributed by atoms with Gasteiger partial charge in [0.1, 0.15) is 0 Å². The van der Waals surface area contributed by atoms with E-state index in [9.17, 15) is 4.79 Å². The zero-order valence-electron chi connectivity index (χ0n) is 11.1. The minimum absolute atomic E-state index is 0. The van der Waals surface area contributed by atoms with E-state index in [1.807, 2.05) is 78.4 Å². The van der Waals surface area contributed by atoms with Crippen LogP contribution in [0.1, 0.15) is 17.8 Å². The van der Waals surface area contributed by atoms with Gasteiger partial charge in [0.2, 0.25) is 12.3 Å². The first-order chi connectivity index (χ1) is 8.66. The second-order valence-corrected chi connectivity index (χ2v) is 4.41. The Morgan fingerprint density at radius 1 is 1.05 bits per heavy atom. The summed E-state index contributed by atoms with van der Waals surface area (Å²) in [5, 5.41) is 0. The second-order valence-electron chi connectivity index (χ2n) is 4.41. The van der Waals surface area contributed by atoms with Gasteiger partial charge in [0.25, 0.3) is 0 Å². The molecule has 4 heteroatoms. The zero-order valence-corrected chi connectivity index (χ0v) is 12.7. The minimum Gasteiger partial charge on any atom is -1.00 e. The van der Waals surface area contributed by atoms with Gasteiger partial charge in [-0.15, -0.1) is 0 Å². The van der Waals surface area contributed by atoms with Crippen molar-refractivity contribution in [3.63, 3.8) is 0 Å². The zero-order chi connectivity index (χ0) is 13.0. The smallest absolute Gasteiger partial charge is 0.227 e. The van der Waals surface area contributed by atoms with E-state index in [0.717, 1.165) is 11.3 Å². The van der Waals surface area contributed by atoms with Crippen molar-refractivity contribution in [3.8, 4) is 0 Å². The molecule has 1 heterocycles. The van der Waals surface area contributed by atoms with Gasteiger partial charge in [-0.2, -0.15) is 4.57 Å². The number of hydrogen-bond donors (Lipinski definition) is 0. The Bertz CT molecular complexity index is 524. The number of nitrogens with zero attached hydrogens (tertiary/aromatic N) is 2. The van der Waals surface area contributed by atoms with Crippen LogP contribution < -0.4 is 26.4 Å². The van der Waals surface area contributed by atoms with Crippen LogP contribution in [0.25, 0.3) is 0 Å². The Labute approximate surface area is 131 Å². The van der Waals surface area contributed by atoms with Gasteiger partial charge in [0.15, 0.2) is 12.4 Å². The number of carbonyl (C=O) groups excluding carboxylic acids is 1. The predicted molar refractivity (Wildman–Crippen MR) is 78.5 cm³/mol. The molecule has 0 N–H and O–H groups in total. The van der Waals surface area contributed by atoms with Crippen LogP contribution in [-0.4, -0.2) is 19.9 Å². The summed E-state index contributed by atoms with van der Waals surface area (Å²) in [6.45, 7) is 0.373. The number of aromatic nitrogens is 1. The van der Waals surface area contributed by atoms with Crippen LogP contribution in [0.3, 0.4) is 0 Å². The Morgan fingerprint density at radius 2 is 1.60 bits per heavy atom. The lowest BCUT2D eigenvalue weighted by Crippen LogP contribution is -3.00. The standard InChI is InChI=1S/C15H17N2O.CH4.BrH/c1-16(2)14-8-10-17(11-9-14)12-15(18)13-6-4-3-5-7-13;;/h3-11H,12H2,1-2H3;1H4;1H/q+1;;/p-1. The van der Waals surface area contributed by atoms with Crippen LogP contribution >= 0.6 is 0 Å². The summed E-state index contributed by atoms with van der Waals surface area (Å²) in [5.74, 6) is 0.123. The number of anilines is 1. The highest BCUT2D eigenvalue weighted by atomic mass is 79.9. The van der Waals surface area contributed by atoms with Crippen molar-refractivity contribution >= 4 is 11.5 Å². The molecule has 1 aromatic heterocycles. The molecule has 0 saturated carbocycles. The van der Waals surface area contributed by atoms with Gasteiger partial charge in [-0.05, 0) is 0 Å². The van der Waals surface area contributed by atoms with E-state index >= 15 is 0 Å². The largest absolute Gasteiger partial charge is 1.00 e. The van der Waals surface area contributed by atoms with E-state index in [2.05, 4.69) is 0 Å². The summed E-state index contributed by atoms with van der Waals surface area (Å²) >= 11 is 0. The predicted octanol–water partition coefficient (Wildman–Crippen LogP) is -0.437. The number of rotatable bonds is 4. The molecule has 0 aliphatic rings. The van der Waals surface area contributed by atoms with Gasteiger partial charge in [-0.1, -0.05) is 37.8 Å². The van der Waals surface area contributed by atoms with Crippen molar-refractivity contribution in [1.82, 2.24) is 0 Å². The van der Waals surface area contributed by atoms with Crippen molar-refractivity contribution in [2.24, 2.45) is 0 Å². The molecule has 0 aliphatic carbocycles. The van der Waals surface area contributed by atoms with Crippen LogP contribution in [0.5, 0.6) is 0 Å². The number of halogens is 1. The molecule has 2 rings (SSSR count). The molecule has 20 heavy (non-hydrogen) atoms. The van der Waals surface area contributed by atoms with Crippen molar-refractivity contribution < 1.29 is 26.3 Å². The number of carbonyl (C=O) groups is 1.